The molecular weight excluding hydrogens is 258 g/mol. The molecule has 1 saturated heterocycles. The minimum atomic E-state index is -0.834. The zero-order chi connectivity index (χ0) is 14.7. The van der Waals surface area contributed by atoms with E-state index in [2.05, 4.69) is 0 Å². The SMILES string of the molecule is C[C@@H]1[C@H](C(=O)O)CCCN1C(=O)Cc1ccc(O)cc1. The van der Waals surface area contributed by atoms with E-state index in [0.717, 1.165) is 12.0 Å². The summed E-state index contributed by atoms with van der Waals surface area (Å²) in [5, 5.41) is 18.4. The Morgan fingerprint density at radius 2 is 1.95 bits per heavy atom. The number of likely N-dealkylation sites (tertiary alicyclic amines) is 1. The van der Waals surface area contributed by atoms with Gasteiger partial charge in [0.1, 0.15) is 5.75 Å². The van der Waals surface area contributed by atoms with Gasteiger partial charge in [-0.15, -0.1) is 0 Å². The van der Waals surface area contributed by atoms with Crippen molar-refractivity contribution >= 4 is 11.9 Å². The van der Waals surface area contributed by atoms with Gasteiger partial charge in [0, 0.05) is 12.6 Å². The standard InChI is InChI=1S/C15H19NO4/c1-10-13(15(19)20)3-2-8-16(10)14(18)9-11-4-6-12(17)7-5-11/h4-7,10,13,17H,2-3,8-9H2,1H3,(H,19,20)/t10-,13-/m1/s1. The molecule has 0 unspecified atom stereocenters. The summed E-state index contributed by atoms with van der Waals surface area (Å²) in [6, 6.07) is 6.23. The van der Waals surface area contributed by atoms with Crippen molar-refractivity contribution in [2.24, 2.45) is 5.92 Å². The fourth-order valence-corrected chi connectivity index (χ4v) is 2.72. The molecule has 1 heterocycles. The summed E-state index contributed by atoms with van der Waals surface area (Å²) in [4.78, 5) is 25.1. The zero-order valence-corrected chi connectivity index (χ0v) is 11.5. The van der Waals surface area contributed by atoms with Crippen LogP contribution in [0.3, 0.4) is 0 Å². The highest BCUT2D eigenvalue weighted by atomic mass is 16.4. The Kier molecular flexibility index (Phi) is 4.27. The number of carboxylic acids is 1. The highest BCUT2D eigenvalue weighted by molar-refractivity contribution is 5.80. The molecule has 0 spiro atoms. The molecule has 2 atom stereocenters. The second kappa shape index (κ2) is 5.94. The molecule has 1 fully saturated rings. The van der Waals surface area contributed by atoms with Gasteiger partial charge in [0.15, 0.2) is 0 Å². The summed E-state index contributed by atoms with van der Waals surface area (Å²) in [7, 11) is 0. The van der Waals surface area contributed by atoms with Crippen LogP contribution >= 0.6 is 0 Å². The van der Waals surface area contributed by atoms with E-state index in [-0.39, 0.29) is 24.1 Å². The van der Waals surface area contributed by atoms with Crippen molar-refractivity contribution in [3.63, 3.8) is 0 Å². The smallest absolute Gasteiger partial charge is 0.308 e. The van der Waals surface area contributed by atoms with Crippen molar-refractivity contribution in [1.82, 2.24) is 4.90 Å². The van der Waals surface area contributed by atoms with Gasteiger partial charge in [-0.05, 0) is 37.5 Å². The molecule has 1 aromatic rings. The number of carbonyl (C=O) groups is 2. The Morgan fingerprint density at radius 1 is 1.30 bits per heavy atom. The normalized spacial score (nSPS) is 22.6. The molecule has 108 valence electrons. The van der Waals surface area contributed by atoms with Gasteiger partial charge >= 0.3 is 5.97 Å². The van der Waals surface area contributed by atoms with Crippen LogP contribution in [-0.4, -0.2) is 39.6 Å². The van der Waals surface area contributed by atoms with Crippen LogP contribution < -0.4 is 0 Å². The number of aromatic hydroxyl groups is 1. The zero-order valence-electron chi connectivity index (χ0n) is 11.5. The predicted octanol–water partition coefficient (Wildman–Crippen LogP) is 1.65. The molecule has 2 N–H and O–H groups in total. The van der Waals surface area contributed by atoms with Crippen LogP contribution in [0.25, 0.3) is 0 Å². The second-order valence-electron chi connectivity index (χ2n) is 5.26. The van der Waals surface area contributed by atoms with Crippen LogP contribution in [0.2, 0.25) is 0 Å². The molecule has 2 rings (SSSR count). The third-order valence-corrected chi connectivity index (χ3v) is 3.92. The first kappa shape index (κ1) is 14.4. The van der Waals surface area contributed by atoms with E-state index in [9.17, 15) is 14.7 Å². The molecule has 0 radical (unpaired) electrons. The van der Waals surface area contributed by atoms with E-state index in [4.69, 9.17) is 5.11 Å². The molecule has 1 amide bonds. The molecule has 0 aromatic heterocycles. The number of piperidine rings is 1. The number of aliphatic carboxylic acids is 1. The number of carbonyl (C=O) groups excluding carboxylic acids is 1. The van der Waals surface area contributed by atoms with Crippen molar-refractivity contribution in [2.45, 2.75) is 32.2 Å². The van der Waals surface area contributed by atoms with Gasteiger partial charge in [-0.3, -0.25) is 9.59 Å². The average Bonchev–Trinajstić information content (AvgIpc) is 2.41. The van der Waals surface area contributed by atoms with E-state index in [1.807, 2.05) is 0 Å². The largest absolute Gasteiger partial charge is 0.508 e. The molecule has 0 bridgehead atoms. The number of rotatable bonds is 3. The molecule has 5 nitrogen and oxygen atoms in total. The average molecular weight is 277 g/mol. The molecule has 20 heavy (non-hydrogen) atoms. The van der Waals surface area contributed by atoms with Crippen LogP contribution in [0.4, 0.5) is 0 Å². The number of carboxylic acid groups (broad SMARTS) is 1. The molecule has 5 heteroatoms. The minimum Gasteiger partial charge on any atom is -0.508 e. The maximum Gasteiger partial charge on any atom is 0.308 e. The maximum atomic E-state index is 12.3. The molecule has 1 aliphatic heterocycles. The van der Waals surface area contributed by atoms with Crippen molar-refractivity contribution in [3.8, 4) is 5.75 Å². The maximum absolute atomic E-state index is 12.3. The first-order chi connectivity index (χ1) is 9.49. The van der Waals surface area contributed by atoms with Crippen molar-refractivity contribution in [2.75, 3.05) is 6.54 Å². The highest BCUT2D eigenvalue weighted by Gasteiger charge is 2.35. The Morgan fingerprint density at radius 3 is 2.55 bits per heavy atom. The van der Waals surface area contributed by atoms with Crippen LogP contribution in [0.15, 0.2) is 24.3 Å². The monoisotopic (exact) mass is 277 g/mol. The van der Waals surface area contributed by atoms with E-state index < -0.39 is 11.9 Å². The summed E-state index contributed by atoms with van der Waals surface area (Å²) in [5.74, 6) is -1.21. The third-order valence-electron chi connectivity index (χ3n) is 3.92. The summed E-state index contributed by atoms with van der Waals surface area (Å²) >= 11 is 0. The molecular formula is C15H19NO4. The van der Waals surface area contributed by atoms with Gasteiger partial charge in [-0.2, -0.15) is 0 Å². The van der Waals surface area contributed by atoms with Crippen molar-refractivity contribution in [3.05, 3.63) is 29.8 Å². The third kappa shape index (κ3) is 3.10. The summed E-state index contributed by atoms with van der Waals surface area (Å²) in [6.45, 7) is 2.41. The van der Waals surface area contributed by atoms with Gasteiger partial charge in [0.2, 0.25) is 5.91 Å². The van der Waals surface area contributed by atoms with Gasteiger partial charge in [0.25, 0.3) is 0 Å². The number of phenols is 1. The van der Waals surface area contributed by atoms with E-state index in [0.29, 0.717) is 13.0 Å². The van der Waals surface area contributed by atoms with Gasteiger partial charge in [0.05, 0.1) is 12.3 Å². The topological polar surface area (TPSA) is 77.8 Å². The van der Waals surface area contributed by atoms with Gasteiger partial charge < -0.3 is 15.1 Å². The Labute approximate surface area is 117 Å². The number of nitrogens with zero attached hydrogens (tertiary/aromatic N) is 1. The Bertz CT molecular complexity index is 497. The fraction of sp³-hybridized carbons (Fsp3) is 0.467. The van der Waals surface area contributed by atoms with Crippen molar-refractivity contribution in [1.29, 1.82) is 0 Å². The second-order valence-corrected chi connectivity index (χ2v) is 5.26. The Hall–Kier alpha value is -2.04. The van der Waals surface area contributed by atoms with Crippen molar-refractivity contribution < 1.29 is 19.8 Å². The minimum absolute atomic E-state index is 0.0610. The van der Waals surface area contributed by atoms with Crippen LogP contribution in [-0.2, 0) is 16.0 Å². The van der Waals surface area contributed by atoms with E-state index in [1.165, 1.54) is 0 Å². The Balaban J connectivity index is 2.04. The van der Waals surface area contributed by atoms with E-state index >= 15 is 0 Å². The molecule has 1 aromatic carbocycles. The quantitative estimate of drug-likeness (QED) is 0.880. The lowest BCUT2D eigenvalue weighted by Gasteiger charge is -2.37. The van der Waals surface area contributed by atoms with Gasteiger partial charge in [-0.25, -0.2) is 0 Å². The van der Waals surface area contributed by atoms with Gasteiger partial charge in [-0.1, -0.05) is 12.1 Å². The number of hydrogen-bond donors (Lipinski definition) is 2. The lowest BCUT2D eigenvalue weighted by atomic mass is 9.90. The molecule has 0 aliphatic carbocycles. The summed E-state index contributed by atoms with van der Waals surface area (Å²) in [5.41, 5.74) is 0.817. The molecule has 0 saturated carbocycles. The number of phenolic OH excluding ortho intramolecular Hbond substituents is 1. The number of benzene rings is 1. The molecule has 1 aliphatic rings. The fourth-order valence-electron chi connectivity index (χ4n) is 2.72. The van der Waals surface area contributed by atoms with Crippen LogP contribution in [0, 0.1) is 5.92 Å². The first-order valence-electron chi connectivity index (χ1n) is 6.79. The number of hydrogen-bond acceptors (Lipinski definition) is 3. The lowest BCUT2D eigenvalue weighted by Crippen LogP contribution is -2.49. The highest BCUT2D eigenvalue weighted by Crippen LogP contribution is 2.24. The van der Waals surface area contributed by atoms with Crippen LogP contribution in [0.5, 0.6) is 5.75 Å². The first-order valence-corrected chi connectivity index (χ1v) is 6.79. The summed E-state index contributed by atoms with van der Waals surface area (Å²) < 4.78 is 0. The summed E-state index contributed by atoms with van der Waals surface area (Å²) in [6.07, 6.45) is 1.58. The van der Waals surface area contributed by atoms with E-state index in [1.54, 1.807) is 36.1 Å². The van der Waals surface area contributed by atoms with Crippen LogP contribution in [0.1, 0.15) is 25.3 Å². The number of amides is 1. The predicted molar refractivity (Wildman–Crippen MR) is 73.3 cm³/mol. The lowest BCUT2D eigenvalue weighted by molar-refractivity contribution is -0.148.